The van der Waals surface area contributed by atoms with Gasteiger partial charge in [-0.2, -0.15) is 5.26 Å². The molecule has 0 aliphatic rings. The highest BCUT2D eigenvalue weighted by Crippen LogP contribution is 2.20. The average molecular weight is 259 g/mol. The van der Waals surface area contributed by atoms with Gasteiger partial charge in [0.05, 0.1) is 12.5 Å². The van der Waals surface area contributed by atoms with Gasteiger partial charge in [-0.25, -0.2) is 0 Å². The number of nitrogens with zero attached hydrogens (tertiary/aromatic N) is 2. The molecule has 102 valence electrons. The molecule has 0 aliphatic carbocycles. The van der Waals surface area contributed by atoms with Gasteiger partial charge in [0, 0.05) is 31.4 Å². The fourth-order valence-corrected chi connectivity index (χ4v) is 1.89. The summed E-state index contributed by atoms with van der Waals surface area (Å²) < 4.78 is 0. The number of nitriles is 1. The molecule has 0 saturated heterocycles. The molecule has 0 radical (unpaired) electrons. The molecule has 1 aromatic rings. The van der Waals surface area contributed by atoms with Crippen LogP contribution in [0.5, 0.6) is 0 Å². The summed E-state index contributed by atoms with van der Waals surface area (Å²) in [5.74, 6) is -0.0747. The highest BCUT2D eigenvalue weighted by Gasteiger charge is 2.06. The molecule has 0 atom stereocenters. The van der Waals surface area contributed by atoms with Crippen LogP contribution in [0.1, 0.15) is 33.1 Å². The largest absolute Gasteiger partial charge is 0.370 e. The van der Waals surface area contributed by atoms with Crippen molar-refractivity contribution in [3.63, 3.8) is 0 Å². The molecule has 1 N–H and O–H groups in total. The maximum atomic E-state index is 11.1. The molecule has 0 saturated carbocycles. The number of nitrogens with one attached hydrogen (secondary N) is 1. The predicted molar refractivity (Wildman–Crippen MR) is 78.1 cm³/mol. The standard InChI is InChI=1S/C15H21N3O/c1-3-4-10-18(11-6-9-16)15-8-5-7-14(12-15)17-13(2)19/h5,7-8,12H,3-4,6,10-11H2,1-2H3,(H,17,19). The molecule has 0 spiro atoms. The van der Waals surface area contributed by atoms with E-state index in [-0.39, 0.29) is 5.91 Å². The summed E-state index contributed by atoms with van der Waals surface area (Å²) in [6, 6.07) is 9.94. The summed E-state index contributed by atoms with van der Waals surface area (Å²) in [6.45, 7) is 5.30. The van der Waals surface area contributed by atoms with Gasteiger partial charge < -0.3 is 10.2 Å². The van der Waals surface area contributed by atoms with Crippen LogP contribution in [0.3, 0.4) is 0 Å². The van der Waals surface area contributed by atoms with Crippen LogP contribution in [0.4, 0.5) is 11.4 Å². The summed E-state index contributed by atoms with van der Waals surface area (Å²) in [7, 11) is 0. The Bertz CT molecular complexity index is 451. The van der Waals surface area contributed by atoms with Crippen molar-refractivity contribution in [2.24, 2.45) is 0 Å². The van der Waals surface area contributed by atoms with Crippen LogP contribution in [-0.4, -0.2) is 19.0 Å². The smallest absolute Gasteiger partial charge is 0.221 e. The molecule has 1 amide bonds. The van der Waals surface area contributed by atoms with E-state index in [2.05, 4.69) is 23.2 Å². The number of hydrogen-bond donors (Lipinski definition) is 1. The van der Waals surface area contributed by atoms with E-state index in [9.17, 15) is 4.79 Å². The van der Waals surface area contributed by atoms with Crippen LogP contribution in [0.15, 0.2) is 24.3 Å². The van der Waals surface area contributed by atoms with E-state index >= 15 is 0 Å². The van der Waals surface area contributed by atoms with Crippen LogP contribution >= 0.6 is 0 Å². The van der Waals surface area contributed by atoms with Crippen molar-refractivity contribution in [3.05, 3.63) is 24.3 Å². The minimum atomic E-state index is -0.0747. The summed E-state index contributed by atoms with van der Waals surface area (Å²) in [6.07, 6.45) is 2.72. The first-order valence-electron chi connectivity index (χ1n) is 6.67. The Kier molecular flexibility index (Phi) is 6.45. The Balaban J connectivity index is 2.81. The lowest BCUT2D eigenvalue weighted by Crippen LogP contribution is -2.25. The second-order valence-electron chi connectivity index (χ2n) is 4.48. The van der Waals surface area contributed by atoms with E-state index in [1.807, 2.05) is 24.3 Å². The molecule has 0 aromatic heterocycles. The van der Waals surface area contributed by atoms with Gasteiger partial charge in [-0.05, 0) is 24.6 Å². The van der Waals surface area contributed by atoms with Crippen LogP contribution < -0.4 is 10.2 Å². The third-order valence-electron chi connectivity index (χ3n) is 2.81. The number of carbonyl (C=O) groups is 1. The van der Waals surface area contributed by atoms with Crippen LogP contribution in [0.2, 0.25) is 0 Å². The van der Waals surface area contributed by atoms with Crippen molar-refractivity contribution in [1.29, 1.82) is 5.26 Å². The fraction of sp³-hybridized carbons (Fsp3) is 0.467. The third-order valence-corrected chi connectivity index (χ3v) is 2.81. The predicted octanol–water partition coefficient (Wildman–Crippen LogP) is 3.17. The second kappa shape index (κ2) is 8.15. The van der Waals surface area contributed by atoms with Gasteiger partial charge >= 0.3 is 0 Å². The van der Waals surface area contributed by atoms with Crippen molar-refractivity contribution in [1.82, 2.24) is 0 Å². The monoisotopic (exact) mass is 259 g/mol. The van der Waals surface area contributed by atoms with Crippen LogP contribution in [0.25, 0.3) is 0 Å². The van der Waals surface area contributed by atoms with Crippen LogP contribution in [-0.2, 0) is 4.79 Å². The van der Waals surface area contributed by atoms with E-state index in [1.54, 1.807) is 0 Å². The quantitative estimate of drug-likeness (QED) is 0.818. The molecule has 0 bridgehead atoms. The number of amides is 1. The minimum absolute atomic E-state index is 0.0747. The summed E-state index contributed by atoms with van der Waals surface area (Å²) in [4.78, 5) is 13.3. The first-order valence-corrected chi connectivity index (χ1v) is 6.67. The first-order chi connectivity index (χ1) is 9.17. The van der Waals surface area contributed by atoms with Gasteiger partial charge in [-0.1, -0.05) is 19.4 Å². The summed E-state index contributed by atoms with van der Waals surface area (Å²) in [5, 5.41) is 11.5. The maximum absolute atomic E-state index is 11.1. The number of rotatable bonds is 7. The highest BCUT2D eigenvalue weighted by molar-refractivity contribution is 5.89. The molecule has 19 heavy (non-hydrogen) atoms. The van der Waals surface area contributed by atoms with Gasteiger partial charge in [0.2, 0.25) is 5.91 Å². The summed E-state index contributed by atoms with van der Waals surface area (Å²) in [5.41, 5.74) is 1.85. The highest BCUT2D eigenvalue weighted by atomic mass is 16.1. The van der Waals surface area contributed by atoms with Crippen molar-refractivity contribution < 1.29 is 4.79 Å². The molecular formula is C15H21N3O. The Hall–Kier alpha value is -2.02. The zero-order chi connectivity index (χ0) is 14.1. The van der Waals surface area contributed by atoms with Gasteiger partial charge in [-0.3, -0.25) is 4.79 Å². The molecule has 4 nitrogen and oxygen atoms in total. The first kappa shape index (κ1) is 15.0. The molecule has 0 fully saturated rings. The lowest BCUT2D eigenvalue weighted by Gasteiger charge is -2.24. The number of hydrogen-bond acceptors (Lipinski definition) is 3. The molecule has 0 heterocycles. The normalized spacial score (nSPS) is 9.74. The van der Waals surface area contributed by atoms with E-state index < -0.39 is 0 Å². The van der Waals surface area contributed by atoms with Gasteiger partial charge in [0.25, 0.3) is 0 Å². The number of unbranched alkanes of at least 4 members (excludes halogenated alkanes) is 1. The molecule has 1 rings (SSSR count). The minimum Gasteiger partial charge on any atom is -0.370 e. The van der Waals surface area contributed by atoms with Gasteiger partial charge in [0.15, 0.2) is 0 Å². The molecule has 0 unspecified atom stereocenters. The lowest BCUT2D eigenvalue weighted by molar-refractivity contribution is -0.114. The van der Waals surface area contributed by atoms with Crippen molar-refractivity contribution >= 4 is 17.3 Å². The van der Waals surface area contributed by atoms with Crippen molar-refractivity contribution in [2.45, 2.75) is 33.1 Å². The zero-order valence-electron chi connectivity index (χ0n) is 11.6. The molecule has 1 aromatic carbocycles. The Labute approximate surface area is 115 Å². The molecule has 0 aliphatic heterocycles. The molecule has 4 heteroatoms. The average Bonchev–Trinajstić information content (AvgIpc) is 2.38. The Morgan fingerprint density at radius 1 is 1.42 bits per heavy atom. The fourth-order valence-electron chi connectivity index (χ4n) is 1.89. The maximum Gasteiger partial charge on any atom is 0.221 e. The van der Waals surface area contributed by atoms with Crippen molar-refractivity contribution in [2.75, 3.05) is 23.3 Å². The van der Waals surface area contributed by atoms with Gasteiger partial charge in [0.1, 0.15) is 0 Å². The van der Waals surface area contributed by atoms with E-state index in [4.69, 9.17) is 5.26 Å². The number of anilines is 2. The van der Waals surface area contributed by atoms with Crippen LogP contribution in [0, 0.1) is 11.3 Å². The Morgan fingerprint density at radius 3 is 2.84 bits per heavy atom. The van der Waals surface area contributed by atoms with E-state index in [0.717, 1.165) is 37.3 Å². The number of benzene rings is 1. The number of carbonyl (C=O) groups excluding carboxylic acids is 1. The van der Waals surface area contributed by atoms with Gasteiger partial charge in [-0.15, -0.1) is 0 Å². The Morgan fingerprint density at radius 2 is 2.21 bits per heavy atom. The summed E-state index contributed by atoms with van der Waals surface area (Å²) >= 11 is 0. The van der Waals surface area contributed by atoms with Crippen molar-refractivity contribution in [3.8, 4) is 6.07 Å². The third kappa shape index (κ3) is 5.43. The SMILES string of the molecule is CCCCN(CCC#N)c1cccc(NC(C)=O)c1. The zero-order valence-corrected chi connectivity index (χ0v) is 11.6. The van der Waals surface area contributed by atoms with E-state index in [1.165, 1.54) is 6.92 Å². The topological polar surface area (TPSA) is 56.1 Å². The van der Waals surface area contributed by atoms with E-state index in [0.29, 0.717) is 6.42 Å². The lowest BCUT2D eigenvalue weighted by atomic mass is 10.2. The molecular weight excluding hydrogens is 238 g/mol. The second-order valence-corrected chi connectivity index (χ2v) is 4.48.